The van der Waals surface area contributed by atoms with Crippen LogP contribution in [0, 0.1) is 0 Å². The fourth-order valence-corrected chi connectivity index (χ4v) is 3.13. The van der Waals surface area contributed by atoms with Crippen molar-refractivity contribution in [3.63, 3.8) is 0 Å². The van der Waals surface area contributed by atoms with Crippen LogP contribution in [-0.4, -0.2) is 43.6 Å². The van der Waals surface area contributed by atoms with Crippen molar-refractivity contribution >= 4 is 23.2 Å². The van der Waals surface area contributed by atoms with Crippen molar-refractivity contribution < 1.29 is 19.1 Å². The number of nitrogens with zero attached hydrogens (tertiary/aromatic N) is 1. The van der Waals surface area contributed by atoms with Gasteiger partial charge in [-0.25, -0.2) is 4.79 Å². The minimum Gasteiger partial charge on any atom is -0.467 e. The molecule has 1 aliphatic rings. The summed E-state index contributed by atoms with van der Waals surface area (Å²) in [6.07, 6.45) is 0.776. The highest BCUT2D eigenvalue weighted by Crippen LogP contribution is 2.34. The van der Waals surface area contributed by atoms with E-state index < -0.39 is 12.0 Å². The first-order valence-corrected chi connectivity index (χ1v) is 7.08. The van der Waals surface area contributed by atoms with E-state index in [-0.39, 0.29) is 12.5 Å². The SMILES string of the molecule is CCOCC(=O)N1CCc2sccc2[C@@H]1C(=O)OC. The van der Waals surface area contributed by atoms with Gasteiger partial charge in [-0.3, -0.25) is 4.79 Å². The average Bonchev–Trinajstić information content (AvgIpc) is 2.91. The molecule has 1 aromatic heterocycles. The Bertz CT molecular complexity index is 471. The Morgan fingerprint density at radius 2 is 2.32 bits per heavy atom. The maximum Gasteiger partial charge on any atom is 0.333 e. The third-order valence-electron chi connectivity index (χ3n) is 3.14. The van der Waals surface area contributed by atoms with Gasteiger partial charge < -0.3 is 14.4 Å². The number of fused-ring (bicyclic) bond motifs is 1. The van der Waals surface area contributed by atoms with E-state index in [9.17, 15) is 9.59 Å². The maximum atomic E-state index is 12.1. The van der Waals surface area contributed by atoms with Crippen molar-refractivity contribution in [2.75, 3.05) is 26.9 Å². The van der Waals surface area contributed by atoms with Crippen LogP contribution in [-0.2, 0) is 25.5 Å². The fraction of sp³-hybridized carbons (Fsp3) is 0.538. The summed E-state index contributed by atoms with van der Waals surface area (Å²) in [4.78, 5) is 26.8. The summed E-state index contributed by atoms with van der Waals surface area (Å²) in [5.41, 5.74) is 0.882. The Balaban J connectivity index is 2.24. The molecule has 19 heavy (non-hydrogen) atoms. The summed E-state index contributed by atoms with van der Waals surface area (Å²) < 4.78 is 9.97. The number of methoxy groups -OCH3 is 1. The molecule has 1 amide bonds. The number of esters is 1. The first-order valence-electron chi connectivity index (χ1n) is 6.20. The monoisotopic (exact) mass is 283 g/mol. The van der Waals surface area contributed by atoms with Crippen LogP contribution in [0.1, 0.15) is 23.4 Å². The molecule has 0 aromatic carbocycles. The second-order valence-corrected chi connectivity index (χ2v) is 5.20. The van der Waals surface area contributed by atoms with Gasteiger partial charge in [0.15, 0.2) is 6.04 Å². The van der Waals surface area contributed by atoms with Gasteiger partial charge in [-0.1, -0.05) is 0 Å². The molecule has 0 saturated heterocycles. The number of rotatable bonds is 4. The number of carbonyl (C=O) groups is 2. The predicted molar refractivity (Wildman–Crippen MR) is 71.0 cm³/mol. The molecular formula is C13H17NO4S. The van der Waals surface area contributed by atoms with Crippen molar-refractivity contribution in [2.24, 2.45) is 0 Å². The van der Waals surface area contributed by atoms with Crippen LogP contribution in [0.25, 0.3) is 0 Å². The van der Waals surface area contributed by atoms with E-state index in [0.29, 0.717) is 13.2 Å². The van der Waals surface area contributed by atoms with Gasteiger partial charge in [0.05, 0.1) is 7.11 Å². The Kier molecular flexibility index (Phi) is 4.55. The van der Waals surface area contributed by atoms with E-state index in [4.69, 9.17) is 9.47 Å². The highest BCUT2D eigenvalue weighted by Gasteiger charge is 2.37. The van der Waals surface area contributed by atoms with Gasteiger partial charge in [0.25, 0.3) is 0 Å². The molecule has 0 radical (unpaired) electrons. The normalized spacial score (nSPS) is 18.0. The van der Waals surface area contributed by atoms with Crippen LogP contribution >= 0.6 is 11.3 Å². The van der Waals surface area contributed by atoms with Crippen molar-refractivity contribution in [1.82, 2.24) is 4.90 Å². The van der Waals surface area contributed by atoms with E-state index >= 15 is 0 Å². The lowest BCUT2D eigenvalue weighted by Crippen LogP contribution is -2.45. The third-order valence-corrected chi connectivity index (χ3v) is 4.14. The zero-order chi connectivity index (χ0) is 13.8. The van der Waals surface area contributed by atoms with Gasteiger partial charge in [-0.2, -0.15) is 0 Å². The molecule has 2 rings (SSSR count). The number of hydrogen-bond acceptors (Lipinski definition) is 5. The smallest absolute Gasteiger partial charge is 0.333 e. The molecule has 1 atom stereocenters. The molecular weight excluding hydrogens is 266 g/mol. The maximum absolute atomic E-state index is 12.1. The van der Waals surface area contributed by atoms with E-state index in [2.05, 4.69) is 0 Å². The topological polar surface area (TPSA) is 55.8 Å². The lowest BCUT2D eigenvalue weighted by Gasteiger charge is -2.33. The van der Waals surface area contributed by atoms with Gasteiger partial charge in [0, 0.05) is 18.0 Å². The van der Waals surface area contributed by atoms with Crippen molar-refractivity contribution in [3.05, 3.63) is 21.9 Å². The molecule has 0 spiro atoms. The molecule has 1 aromatic rings. The Hall–Kier alpha value is -1.40. The summed E-state index contributed by atoms with van der Waals surface area (Å²) in [6.45, 7) is 2.84. The summed E-state index contributed by atoms with van der Waals surface area (Å²) in [5.74, 6) is -0.571. The summed E-state index contributed by atoms with van der Waals surface area (Å²) in [5, 5.41) is 1.94. The minimum atomic E-state index is -0.632. The van der Waals surface area contributed by atoms with Gasteiger partial charge in [-0.15, -0.1) is 11.3 Å². The average molecular weight is 283 g/mol. The minimum absolute atomic E-state index is 0.00344. The van der Waals surface area contributed by atoms with Crippen LogP contribution < -0.4 is 0 Å². The van der Waals surface area contributed by atoms with Crippen LogP contribution in [0.3, 0.4) is 0 Å². The predicted octanol–water partition coefficient (Wildman–Crippen LogP) is 1.38. The first kappa shape index (κ1) is 14.0. The largest absolute Gasteiger partial charge is 0.467 e. The van der Waals surface area contributed by atoms with Crippen LogP contribution in [0.4, 0.5) is 0 Å². The van der Waals surface area contributed by atoms with Gasteiger partial charge >= 0.3 is 5.97 Å². The van der Waals surface area contributed by atoms with Crippen molar-refractivity contribution in [2.45, 2.75) is 19.4 Å². The molecule has 0 fully saturated rings. The molecule has 6 heteroatoms. The number of thiophene rings is 1. The highest BCUT2D eigenvalue weighted by molar-refractivity contribution is 7.10. The lowest BCUT2D eigenvalue weighted by atomic mass is 10.00. The molecule has 2 heterocycles. The fourth-order valence-electron chi connectivity index (χ4n) is 2.22. The second kappa shape index (κ2) is 6.16. The van der Waals surface area contributed by atoms with E-state index in [1.54, 1.807) is 16.2 Å². The van der Waals surface area contributed by atoms with Gasteiger partial charge in [0.2, 0.25) is 5.91 Å². The lowest BCUT2D eigenvalue weighted by molar-refractivity contribution is -0.155. The molecule has 1 aliphatic heterocycles. The summed E-state index contributed by atoms with van der Waals surface area (Å²) in [6, 6.07) is 1.26. The summed E-state index contributed by atoms with van der Waals surface area (Å²) >= 11 is 1.61. The quantitative estimate of drug-likeness (QED) is 0.783. The zero-order valence-electron chi connectivity index (χ0n) is 11.0. The molecule has 0 N–H and O–H groups in total. The Morgan fingerprint density at radius 1 is 1.53 bits per heavy atom. The van der Waals surface area contributed by atoms with Crippen molar-refractivity contribution in [3.8, 4) is 0 Å². The number of carbonyl (C=O) groups excluding carboxylic acids is 2. The highest BCUT2D eigenvalue weighted by atomic mass is 32.1. The molecule has 0 bridgehead atoms. The number of hydrogen-bond donors (Lipinski definition) is 0. The molecule has 0 aliphatic carbocycles. The van der Waals surface area contributed by atoms with Crippen LogP contribution in [0.15, 0.2) is 11.4 Å². The van der Waals surface area contributed by atoms with Gasteiger partial charge in [0.1, 0.15) is 6.61 Å². The Morgan fingerprint density at radius 3 is 3.00 bits per heavy atom. The van der Waals surface area contributed by atoms with E-state index in [1.165, 1.54) is 7.11 Å². The van der Waals surface area contributed by atoms with Gasteiger partial charge in [-0.05, 0) is 30.4 Å². The molecule has 0 saturated carbocycles. The number of amides is 1. The van der Waals surface area contributed by atoms with Crippen LogP contribution in [0.5, 0.6) is 0 Å². The van der Waals surface area contributed by atoms with E-state index in [1.807, 2.05) is 18.4 Å². The van der Waals surface area contributed by atoms with Crippen LogP contribution in [0.2, 0.25) is 0 Å². The molecule has 0 unspecified atom stereocenters. The Labute approximate surface area is 116 Å². The van der Waals surface area contributed by atoms with Crippen molar-refractivity contribution in [1.29, 1.82) is 0 Å². The zero-order valence-corrected chi connectivity index (χ0v) is 11.9. The summed E-state index contributed by atoms with van der Waals surface area (Å²) in [7, 11) is 1.34. The molecule has 5 nitrogen and oxygen atoms in total. The third kappa shape index (κ3) is 2.79. The van der Waals surface area contributed by atoms with E-state index in [0.717, 1.165) is 16.9 Å². The molecule has 104 valence electrons. The standard InChI is InChI=1S/C13H17NO4S/c1-3-18-8-11(15)14-6-4-10-9(5-7-19-10)12(14)13(16)17-2/h5,7,12H,3-4,6,8H2,1-2H3/t12-/m1/s1. The number of ether oxygens (including phenoxy) is 2. The first-order chi connectivity index (χ1) is 9.19. The second-order valence-electron chi connectivity index (χ2n) is 4.20.